The molecule has 0 amide bonds. The fraction of sp³-hybridized carbons (Fsp3) is 0. The maximum absolute atomic E-state index is 10.9. The third-order valence-electron chi connectivity index (χ3n) is 3.35. The van der Waals surface area contributed by atoms with Crippen LogP contribution in [0.25, 0.3) is 23.2 Å². The zero-order valence-corrected chi connectivity index (χ0v) is 12.2. The molecule has 0 atom stereocenters. The first-order valence-electron chi connectivity index (χ1n) is 6.80. The van der Waals surface area contributed by atoms with E-state index >= 15 is 0 Å². The number of aromatic amines is 1. The summed E-state index contributed by atoms with van der Waals surface area (Å²) in [6, 6.07) is 8.94. The Bertz CT molecular complexity index is 993. The summed E-state index contributed by atoms with van der Waals surface area (Å²) in [7, 11) is 0. The van der Waals surface area contributed by atoms with Gasteiger partial charge in [-0.3, -0.25) is 20.2 Å². The predicted molar refractivity (Wildman–Crippen MR) is 89.2 cm³/mol. The van der Waals surface area contributed by atoms with Crippen molar-refractivity contribution >= 4 is 40.2 Å². The third-order valence-corrected chi connectivity index (χ3v) is 3.35. The minimum atomic E-state index is -0.782. The number of fused-ring (bicyclic) bond motifs is 1. The minimum Gasteiger partial charge on any atom is -0.399 e. The molecular weight excluding hydrogens is 314 g/mol. The van der Waals surface area contributed by atoms with Crippen molar-refractivity contribution < 1.29 is 9.85 Å². The van der Waals surface area contributed by atoms with Crippen molar-refractivity contribution in [3.63, 3.8) is 0 Å². The molecule has 1 heterocycles. The van der Waals surface area contributed by atoms with Gasteiger partial charge in [0.05, 0.1) is 20.9 Å². The summed E-state index contributed by atoms with van der Waals surface area (Å²) in [5.41, 5.74) is 7.15. The number of benzene rings is 2. The van der Waals surface area contributed by atoms with Crippen LogP contribution in [0.2, 0.25) is 0 Å². The van der Waals surface area contributed by atoms with Gasteiger partial charge in [0.1, 0.15) is 5.82 Å². The Kier molecular flexibility index (Phi) is 3.66. The zero-order chi connectivity index (χ0) is 17.3. The number of rotatable bonds is 4. The van der Waals surface area contributed by atoms with Crippen LogP contribution < -0.4 is 5.73 Å². The van der Waals surface area contributed by atoms with E-state index < -0.39 is 21.2 Å². The van der Waals surface area contributed by atoms with Crippen LogP contribution in [0.4, 0.5) is 17.1 Å². The first-order chi connectivity index (χ1) is 11.4. The Balaban J connectivity index is 1.94. The highest BCUT2D eigenvalue weighted by Crippen LogP contribution is 2.28. The smallest absolute Gasteiger partial charge is 0.346 e. The molecule has 1 aromatic heterocycles. The molecule has 9 nitrogen and oxygen atoms in total. The van der Waals surface area contributed by atoms with Crippen molar-refractivity contribution in [3.05, 3.63) is 68.0 Å². The highest BCUT2D eigenvalue weighted by atomic mass is 16.6. The van der Waals surface area contributed by atoms with Gasteiger partial charge in [-0.05, 0) is 35.9 Å². The van der Waals surface area contributed by atoms with Crippen LogP contribution in [0.1, 0.15) is 11.4 Å². The summed E-state index contributed by atoms with van der Waals surface area (Å²) in [5, 5.41) is 21.8. The number of hydrogen-bond donors (Lipinski definition) is 2. The van der Waals surface area contributed by atoms with Crippen molar-refractivity contribution in [2.75, 3.05) is 5.73 Å². The van der Waals surface area contributed by atoms with Crippen LogP contribution in [-0.2, 0) is 0 Å². The molecule has 0 aliphatic rings. The van der Waals surface area contributed by atoms with Crippen LogP contribution in [0.15, 0.2) is 36.4 Å². The highest BCUT2D eigenvalue weighted by Gasteiger charge is 2.23. The van der Waals surface area contributed by atoms with E-state index in [1.807, 2.05) is 0 Å². The molecule has 0 saturated heterocycles. The number of nitrogens with two attached hydrogens (primary N) is 1. The first-order valence-corrected chi connectivity index (χ1v) is 6.80. The van der Waals surface area contributed by atoms with Crippen molar-refractivity contribution in [1.29, 1.82) is 0 Å². The Labute approximate surface area is 134 Å². The maximum atomic E-state index is 10.9. The topological polar surface area (TPSA) is 141 Å². The molecule has 0 radical (unpaired) electrons. The second kappa shape index (κ2) is 5.80. The van der Waals surface area contributed by atoms with Gasteiger partial charge in [-0.2, -0.15) is 0 Å². The summed E-state index contributed by atoms with van der Waals surface area (Å²) in [5.74, 6) is 0.539. The maximum Gasteiger partial charge on any atom is 0.346 e. The van der Waals surface area contributed by atoms with Crippen molar-refractivity contribution in [2.24, 2.45) is 0 Å². The molecule has 0 fully saturated rings. The van der Waals surface area contributed by atoms with Crippen molar-refractivity contribution in [2.45, 2.75) is 0 Å². The fourth-order valence-corrected chi connectivity index (χ4v) is 2.25. The molecule has 3 aromatic rings. The van der Waals surface area contributed by atoms with Crippen molar-refractivity contribution in [1.82, 2.24) is 9.97 Å². The largest absolute Gasteiger partial charge is 0.399 e. The Hall–Kier alpha value is -3.75. The fourth-order valence-electron chi connectivity index (χ4n) is 2.25. The van der Waals surface area contributed by atoms with Crippen molar-refractivity contribution in [3.8, 4) is 0 Å². The van der Waals surface area contributed by atoms with Crippen LogP contribution in [0, 0.1) is 20.2 Å². The number of hydrogen-bond acceptors (Lipinski definition) is 6. The molecular formula is C15H11N5O4. The third kappa shape index (κ3) is 2.90. The molecule has 120 valence electrons. The molecule has 0 bridgehead atoms. The van der Waals surface area contributed by atoms with E-state index in [1.165, 1.54) is 6.07 Å². The molecule has 3 rings (SSSR count). The van der Waals surface area contributed by atoms with Gasteiger partial charge in [0.15, 0.2) is 0 Å². The van der Waals surface area contributed by atoms with Gasteiger partial charge in [0, 0.05) is 17.8 Å². The second-order valence-electron chi connectivity index (χ2n) is 4.99. The van der Waals surface area contributed by atoms with E-state index in [9.17, 15) is 20.2 Å². The number of anilines is 1. The number of imidazole rings is 1. The Morgan fingerprint density at radius 3 is 2.46 bits per heavy atom. The summed E-state index contributed by atoms with van der Waals surface area (Å²) >= 11 is 0. The van der Waals surface area contributed by atoms with Crippen LogP contribution >= 0.6 is 0 Å². The molecule has 2 aromatic carbocycles. The lowest BCUT2D eigenvalue weighted by Gasteiger charge is -1.96. The van der Waals surface area contributed by atoms with Gasteiger partial charge < -0.3 is 10.7 Å². The quantitative estimate of drug-likeness (QED) is 0.429. The van der Waals surface area contributed by atoms with Gasteiger partial charge in [-0.15, -0.1) is 0 Å². The number of nitro benzene ring substituents is 2. The monoisotopic (exact) mass is 325 g/mol. The van der Waals surface area contributed by atoms with E-state index in [1.54, 1.807) is 30.4 Å². The summed E-state index contributed by atoms with van der Waals surface area (Å²) < 4.78 is 0. The normalized spacial score (nSPS) is 11.2. The summed E-state index contributed by atoms with van der Waals surface area (Å²) in [6.45, 7) is 0. The van der Waals surface area contributed by atoms with Crippen LogP contribution in [0.3, 0.4) is 0 Å². The molecule has 9 heteroatoms. The van der Waals surface area contributed by atoms with Gasteiger partial charge >= 0.3 is 11.4 Å². The Morgan fingerprint density at radius 1 is 1.00 bits per heavy atom. The molecule has 0 saturated carbocycles. The highest BCUT2D eigenvalue weighted by molar-refractivity contribution is 5.81. The zero-order valence-electron chi connectivity index (χ0n) is 12.2. The van der Waals surface area contributed by atoms with E-state index in [-0.39, 0.29) is 0 Å². The van der Waals surface area contributed by atoms with Crippen LogP contribution in [-0.4, -0.2) is 19.8 Å². The number of nitrogens with one attached hydrogen (secondary N) is 1. The predicted octanol–water partition coefficient (Wildman–Crippen LogP) is 3.13. The number of aromatic nitrogens is 2. The standard InChI is InChI=1S/C15H11N5O4/c16-10-3-4-11-12(8-10)18-15(17-11)6-2-9-1-5-13(19(21)22)14(7-9)20(23)24/h1-8H,16H2,(H,17,18)/b6-2+. The number of nitrogens with zero attached hydrogens (tertiary/aromatic N) is 3. The minimum absolute atomic E-state index is 0.451. The van der Waals surface area contributed by atoms with Gasteiger partial charge in [0.25, 0.3) is 0 Å². The van der Waals surface area contributed by atoms with Gasteiger partial charge in [-0.1, -0.05) is 6.08 Å². The van der Waals surface area contributed by atoms with E-state index in [2.05, 4.69) is 9.97 Å². The molecule has 24 heavy (non-hydrogen) atoms. The molecule has 3 N–H and O–H groups in total. The van der Waals surface area contributed by atoms with Crippen LogP contribution in [0.5, 0.6) is 0 Å². The number of nitrogen functional groups attached to an aromatic ring is 1. The first kappa shape index (κ1) is 15.2. The van der Waals surface area contributed by atoms with E-state index in [0.29, 0.717) is 17.1 Å². The van der Waals surface area contributed by atoms with Gasteiger partial charge in [0.2, 0.25) is 0 Å². The van der Waals surface area contributed by atoms with E-state index in [4.69, 9.17) is 5.73 Å². The lowest BCUT2D eigenvalue weighted by Crippen LogP contribution is -1.96. The number of H-pyrrole nitrogens is 1. The number of nitro groups is 2. The SMILES string of the molecule is Nc1ccc2nc(/C=C/c3ccc([N+](=O)[O-])c([N+](=O)[O-])c3)[nH]c2c1. The Morgan fingerprint density at radius 2 is 1.75 bits per heavy atom. The summed E-state index contributed by atoms with van der Waals surface area (Å²) in [6.07, 6.45) is 3.21. The molecule has 0 unspecified atom stereocenters. The molecule has 0 aliphatic heterocycles. The average Bonchev–Trinajstić information content (AvgIpc) is 2.94. The average molecular weight is 325 g/mol. The molecule has 0 aliphatic carbocycles. The van der Waals surface area contributed by atoms with E-state index in [0.717, 1.165) is 23.2 Å². The van der Waals surface area contributed by atoms with Gasteiger partial charge in [-0.25, -0.2) is 4.98 Å². The molecule has 0 spiro atoms. The lowest BCUT2D eigenvalue weighted by atomic mass is 10.1. The lowest BCUT2D eigenvalue weighted by molar-refractivity contribution is -0.422. The second-order valence-corrected chi connectivity index (χ2v) is 4.99. The summed E-state index contributed by atoms with van der Waals surface area (Å²) in [4.78, 5) is 27.6.